The minimum absolute atomic E-state index is 0.123. The summed E-state index contributed by atoms with van der Waals surface area (Å²) in [6.45, 7) is 7.80. The second-order valence-corrected chi connectivity index (χ2v) is 7.50. The van der Waals surface area contributed by atoms with Gasteiger partial charge in [-0.05, 0) is 19.0 Å². The van der Waals surface area contributed by atoms with Crippen LogP contribution in [0.4, 0.5) is 0 Å². The quantitative estimate of drug-likeness (QED) is 0.648. The summed E-state index contributed by atoms with van der Waals surface area (Å²) in [5, 5.41) is 0. The largest absolute Gasteiger partial charge is 0.348 e. The Kier molecular flexibility index (Phi) is 4.36. The average Bonchev–Trinajstić information content (AvgIpc) is 2.18. The molecular formula is C9H19OPS. The van der Waals surface area contributed by atoms with Crippen LogP contribution < -0.4 is 0 Å². The fourth-order valence-corrected chi connectivity index (χ4v) is 5.29. The summed E-state index contributed by atoms with van der Waals surface area (Å²) in [6, 6.07) is 0. The molecule has 0 bridgehead atoms. The molecule has 1 nitrogen and oxygen atoms in total. The van der Waals surface area contributed by atoms with E-state index >= 15 is 0 Å². The lowest BCUT2D eigenvalue weighted by Gasteiger charge is -2.37. The average molecular weight is 206 g/mol. The van der Waals surface area contributed by atoms with Crippen LogP contribution in [-0.4, -0.2) is 18.5 Å². The molecule has 0 aromatic heterocycles. The minimum Gasteiger partial charge on any atom is -0.348 e. The molecule has 1 fully saturated rings. The first-order valence-corrected chi connectivity index (χ1v) is 7.83. The fourth-order valence-electron chi connectivity index (χ4n) is 1.34. The van der Waals surface area contributed by atoms with Crippen LogP contribution in [0.1, 0.15) is 33.6 Å². The smallest absolute Gasteiger partial charge is 0.0884 e. The van der Waals surface area contributed by atoms with Crippen LogP contribution in [0.2, 0.25) is 0 Å². The summed E-state index contributed by atoms with van der Waals surface area (Å²) >= 11 is 2.06. The fraction of sp³-hybridized carbons (Fsp3) is 1.00. The molecule has 3 heteroatoms. The molecule has 0 saturated carbocycles. The maximum Gasteiger partial charge on any atom is 0.0884 e. The van der Waals surface area contributed by atoms with E-state index < -0.39 is 0 Å². The van der Waals surface area contributed by atoms with Crippen LogP contribution in [0, 0.1) is 5.41 Å². The predicted octanol–water partition coefficient (Wildman–Crippen LogP) is 3.89. The van der Waals surface area contributed by atoms with Crippen molar-refractivity contribution in [3.63, 3.8) is 0 Å². The van der Waals surface area contributed by atoms with Crippen LogP contribution in [0.3, 0.4) is 0 Å². The third-order valence-electron chi connectivity index (χ3n) is 2.79. The van der Waals surface area contributed by atoms with Crippen LogP contribution >= 0.6 is 18.7 Å². The van der Waals surface area contributed by atoms with Gasteiger partial charge in [0.1, 0.15) is 0 Å². The van der Waals surface area contributed by atoms with E-state index in [4.69, 9.17) is 4.52 Å². The topological polar surface area (TPSA) is 9.23 Å². The normalized spacial score (nSPS) is 28.8. The maximum absolute atomic E-state index is 5.85. The summed E-state index contributed by atoms with van der Waals surface area (Å²) in [6.07, 6.45) is 3.75. The second-order valence-electron chi connectivity index (χ2n) is 3.40. The number of hydrogen-bond acceptors (Lipinski definition) is 2. The van der Waals surface area contributed by atoms with Gasteiger partial charge in [0.2, 0.25) is 0 Å². The molecule has 1 aliphatic heterocycles. The van der Waals surface area contributed by atoms with Gasteiger partial charge < -0.3 is 4.52 Å². The van der Waals surface area contributed by atoms with E-state index in [1.165, 1.54) is 24.8 Å². The van der Waals surface area contributed by atoms with Crippen LogP contribution in [0.25, 0.3) is 0 Å². The minimum atomic E-state index is -0.123. The molecule has 0 amide bonds. The van der Waals surface area contributed by atoms with Crippen LogP contribution in [-0.2, 0) is 4.52 Å². The third kappa shape index (κ3) is 2.37. The Labute approximate surface area is 81.2 Å². The second kappa shape index (κ2) is 4.83. The number of hydrogen-bond donors (Lipinski definition) is 0. The van der Waals surface area contributed by atoms with Gasteiger partial charge in [-0.1, -0.05) is 20.8 Å². The molecule has 1 saturated heterocycles. The molecule has 0 aliphatic carbocycles. The van der Waals surface area contributed by atoms with Crippen molar-refractivity contribution >= 4 is 18.7 Å². The molecule has 1 aliphatic rings. The summed E-state index contributed by atoms with van der Waals surface area (Å²) < 4.78 is 5.85. The first-order valence-electron chi connectivity index (χ1n) is 4.79. The van der Waals surface area contributed by atoms with Crippen molar-refractivity contribution < 1.29 is 4.52 Å². The third-order valence-corrected chi connectivity index (χ3v) is 7.09. The van der Waals surface area contributed by atoms with Crippen molar-refractivity contribution in [2.75, 3.05) is 18.5 Å². The summed E-state index contributed by atoms with van der Waals surface area (Å²) in [5.74, 6) is 1.32. The molecule has 1 unspecified atom stereocenters. The van der Waals surface area contributed by atoms with E-state index in [1.807, 2.05) is 0 Å². The zero-order valence-corrected chi connectivity index (χ0v) is 10.0. The van der Waals surface area contributed by atoms with Gasteiger partial charge >= 0.3 is 0 Å². The highest BCUT2D eigenvalue weighted by molar-refractivity contribution is 8.54. The van der Waals surface area contributed by atoms with Crippen molar-refractivity contribution in [3.8, 4) is 0 Å². The van der Waals surface area contributed by atoms with Gasteiger partial charge in [-0.2, -0.15) is 0 Å². The Balaban J connectivity index is 2.42. The lowest BCUT2D eigenvalue weighted by molar-refractivity contribution is 0.167. The van der Waals surface area contributed by atoms with E-state index in [-0.39, 0.29) is 7.35 Å². The molecule has 1 atom stereocenters. The SMILES string of the molecule is CCP1OCC(CC)(CC)CS1. The van der Waals surface area contributed by atoms with Gasteiger partial charge in [0.05, 0.1) is 14.0 Å². The molecular weight excluding hydrogens is 187 g/mol. The molecule has 12 heavy (non-hydrogen) atoms. The molecule has 0 radical (unpaired) electrons. The summed E-state index contributed by atoms with van der Waals surface area (Å²) in [5.41, 5.74) is 0.499. The zero-order chi connectivity index (χ0) is 9.03. The van der Waals surface area contributed by atoms with Crippen molar-refractivity contribution in [2.24, 2.45) is 5.41 Å². The maximum atomic E-state index is 5.85. The van der Waals surface area contributed by atoms with Gasteiger partial charge in [-0.25, -0.2) is 0 Å². The van der Waals surface area contributed by atoms with E-state index in [2.05, 4.69) is 32.2 Å². The van der Waals surface area contributed by atoms with Gasteiger partial charge in [0.15, 0.2) is 0 Å². The Bertz CT molecular complexity index is 126. The van der Waals surface area contributed by atoms with Gasteiger partial charge in [0, 0.05) is 11.2 Å². The van der Waals surface area contributed by atoms with E-state index in [9.17, 15) is 0 Å². The Morgan fingerprint density at radius 1 is 1.33 bits per heavy atom. The van der Waals surface area contributed by atoms with E-state index in [1.54, 1.807) is 0 Å². The number of rotatable bonds is 3. The molecule has 0 aromatic rings. The summed E-state index contributed by atoms with van der Waals surface area (Å²) in [4.78, 5) is 0. The highest BCUT2D eigenvalue weighted by Crippen LogP contribution is 2.58. The molecule has 1 rings (SSSR count). The molecule has 0 aromatic carbocycles. The van der Waals surface area contributed by atoms with Crippen LogP contribution in [0.15, 0.2) is 0 Å². The van der Waals surface area contributed by atoms with Crippen molar-refractivity contribution in [1.29, 1.82) is 0 Å². The summed E-state index contributed by atoms with van der Waals surface area (Å²) in [7, 11) is -0.123. The van der Waals surface area contributed by atoms with Crippen LogP contribution in [0.5, 0.6) is 0 Å². The lowest BCUT2D eigenvalue weighted by Crippen LogP contribution is -2.30. The van der Waals surface area contributed by atoms with Gasteiger partial charge in [-0.3, -0.25) is 0 Å². The highest BCUT2D eigenvalue weighted by atomic mass is 32.7. The Morgan fingerprint density at radius 2 is 2.00 bits per heavy atom. The molecule has 0 N–H and O–H groups in total. The first kappa shape index (κ1) is 10.8. The monoisotopic (exact) mass is 206 g/mol. The molecule has 72 valence electrons. The van der Waals surface area contributed by atoms with E-state index in [0.29, 0.717) is 5.41 Å². The molecule has 0 spiro atoms. The first-order chi connectivity index (χ1) is 5.76. The Morgan fingerprint density at radius 3 is 2.33 bits per heavy atom. The molecule has 1 heterocycles. The van der Waals surface area contributed by atoms with Gasteiger partial charge in [0.25, 0.3) is 0 Å². The predicted molar refractivity (Wildman–Crippen MR) is 58.9 cm³/mol. The highest BCUT2D eigenvalue weighted by Gasteiger charge is 2.32. The van der Waals surface area contributed by atoms with Crippen molar-refractivity contribution in [2.45, 2.75) is 33.6 Å². The van der Waals surface area contributed by atoms with Gasteiger partial charge in [-0.15, -0.1) is 11.4 Å². The van der Waals surface area contributed by atoms with Crippen molar-refractivity contribution in [3.05, 3.63) is 0 Å². The van der Waals surface area contributed by atoms with Crippen molar-refractivity contribution in [1.82, 2.24) is 0 Å². The zero-order valence-electron chi connectivity index (χ0n) is 8.30. The lowest BCUT2D eigenvalue weighted by atomic mass is 9.86. The Hall–Kier alpha value is 0.740. The van der Waals surface area contributed by atoms with E-state index in [0.717, 1.165) is 6.61 Å². The standard InChI is InChI=1S/C9H19OPS/c1-4-9(5-2)7-10-11(6-3)12-8-9/h4-8H2,1-3H3.